The van der Waals surface area contributed by atoms with E-state index in [2.05, 4.69) is 29.0 Å². The molecule has 0 radical (unpaired) electrons. The van der Waals surface area contributed by atoms with E-state index in [0.29, 0.717) is 12.5 Å². The van der Waals surface area contributed by atoms with E-state index < -0.39 is 0 Å². The van der Waals surface area contributed by atoms with E-state index in [1.807, 2.05) is 17.8 Å². The van der Waals surface area contributed by atoms with Crippen molar-refractivity contribution in [1.82, 2.24) is 19.8 Å². The number of nitrogens with zero attached hydrogens (tertiary/aromatic N) is 3. The molecule has 6 heteroatoms. The third-order valence-corrected chi connectivity index (χ3v) is 5.32. The second-order valence-corrected chi connectivity index (χ2v) is 7.93. The van der Waals surface area contributed by atoms with Crippen LogP contribution in [-0.4, -0.2) is 52.6 Å². The van der Waals surface area contributed by atoms with Crippen molar-refractivity contribution in [2.45, 2.75) is 51.7 Å². The summed E-state index contributed by atoms with van der Waals surface area (Å²) in [5.74, 6) is 1.39. The molecular formula is C19H32N4O2. The Morgan fingerprint density at radius 3 is 2.80 bits per heavy atom. The summed E-state index contributed by atoms with van der Waals surface area (Å²) < 4.78 is 7.80. The molecule has 6 nitrogen and oxygen atoms in total. The molecule has 1 amide bonds. The molecule has 2 aliphatic rings. The smallest absolute Gasteiger partial charge is 0.226 e. The van der Waals surface area contributed by atoms with Crippen molar-refractivity contribution in [3.8, 4) is 0 Å². The summed E-state index contributed by atoms with van der Waals surface area (Å²) in [6.45, 7) is 8.35. The summed E-state index contributed by atoms with van der Waals surface area (Å²) in [6.07, 6.45) is 7.78. The second-order valence-electron chi connectivity index (χ2n) is 7.93. The zero-order chi connectivity index (χ0) is 17.8. The summed E-state index contributed by atoms with van der Waals surface area (Å²) >= 11 is 0. The van der Waals surface area contributed by atoms with E-state index in [1.54, 1.807) is 6.20 Å². The minimum Gasteiger partial charge on any atom is -0.369 e. The number of rotatable bonds is 7. The summed E-state index contributed by atoms with van der Waals surface area (Å²) in [6, 6.07) is 0.216. The van der Waals surface area contributed by atoms with Crippen LogP contribution >= 0.6 is 0 Å². The lowest BCUT2D eigenvalue weighted by atomic mass is 9.97. The molecule has 0 saturated carbocycles. The Balaban J connectivity index is 1.64. The van der Waals surface area contributed by atoms with Crippen molar-refractivity contribution in [1.29, 1.82) is 0 Å². The number of nitrogens with one attached hydrogen (secondary N) is 1. The molecule has 140 valence electrons. The predicted octanol–water partition coefficient (Wildman–Crippen LogP) is 2.12. The largest absolute Gasteiger partial charge is 0.369 e. The highest BCUT2D eigenvalue weighted by Crippen LogP contribution is 2.33. The third-order valence-electron chi connectivity index (χ3n) is 5.32. The number of likely N-dealkylation sites (tertiary alicyclic amines) is 1. The fourth-order valence-electron chi connectivity index (χ4n) is 4.10. The van der Waals surface area contributed by atoms with Gasteiger partial charge in [-0.2, -0.15) is 0 Å². The lowest BCUT2D eigenvalue weighted by Gasteiger charge is -2.28. The first-order valence-corrected chi connectivity index (χ1v) is 9.66. The predicted molar refractivity (Wildman–Crippen MR) is 97.1 cm³/mol. The van der Waals surface area contributed by atoms with Crippen LogP contribution in [0.3, 0.4) is 0 Å². The molecule has 0 aromatic carbocycles. The molecule has 0 bridgehead atoms. The van der Waals surface area contributed by atoms with Crippen molar-refractivity contribution in [3.63, 3.8) is 0 Å². The van der Waals surface area contributed by atoms with Crippen molar-refractivity contribution >= 4 is 5.91 Å². The zero-order valence-electron chi connectivity index (χ0n) is 15.8. The van der Waals surface area contributed by atoms with Gasteiger partial charge in [0.05, 0.1) is 5.92 Å². The summed E-state index contributed by atoms with van der Waals surface area (Å²) in [5, 5.41) is 3.33. The van der Waals surface area contributed by atoms with Gasteiger partial charge in [0, 0.05) is 38.6 Å². The van der Waals surface area contributed by atoms with Crippen molar-refractivity contribution in [2.75, 3.05) is 26.2 Å². The van der Waals surface area contributed by atoms with Crippen LogP contribution in [0.25, 0.3) is 0 Å². The monoisotopic (exact) mass is 348 g/mol. The van der Waals surface area contributed by atoms with Gasteiger partial charge in [0.2, 0.25) is 5.91 Å². The lowest BCUT2D eigenvalue weighted by Crippen LogP contribution is -2.46. The van der Waals surface area contributed by atoms with E-state index in [-0.39, 0.29) is 24.0 Å². The van der Waals surface area contributed by atoms with Crippen LogP contribution in [0.2, 0.25) is 0 Å². The number of ether oxygens (including phenoxy) is 1. The highest BCUT2D eigenvalue weighted by molar-refractivity contribution is 5.80. The Bertz CT molecular complexity index is 566. The highest BCUT2D eigenvalue weighted by atomic mass is 16.5. The highest BCUT2D eigenvalue weighted by Gasteiger charge is 2.38. The van der Waals surface area contributed by atoms with E-state index >= 15 is 0 Å². The van der Waals surface area contributed by atoms with Crippen molar-refractivity contribution in [3.05, 3.63) is 18.2 Å². The average Bonchev–Trinajstić information content (AvgIpc) is 3.26. The maximum Gasteiger partial charge on any atom is 0.226 e. The quantitative estimate of drug-likeness (QED) is 0.820. The number of carbonyl (C=O) groups excluding carboxylic acids is 1. The number of hydrogen-bond acceptors (Lipinski definition) is 4. The molecular weight excluding hydrogens is 316 g/mol. The van der Waals surface area contributed by atoms with Gasteiger partial charge in [0.1, 0.15) is 11.9 Å². The summed E-state index contributed by atoms with van der Waals surface area (Å²) in [5.41, 5.74) is 0. The normalized spacial score (nSPS) is 25.6. The molecule has 0 spiro atoms. The molecule has 1 N–H and O–H groups in total. The van der Waals surface area contributed by atoms with Gasteiger partial charge in [-0.05, 0) is 44.7 Å². The number of imidazole rings is 1. The molecule has 2 saturated heterocycles. The fourth-order valence-corrected chi connectivity index (χ4v) is 4.10. The number of hydrogen-bond donors (Lipinski definition) is 1. The summed E-state index contributed by atoms with van der Waals surface area (Å²) in [7, 11) is 1.95. The van der Waals surface area contributed by atoms with E-state index in [0.717, 1.165) is 38.3 Å². The second kappa shape index (κ2) is 8.32. The van der Waals surface area contributed by atoms with E-state index in [9.17, 15) is 4.79 Å². The first kappa shape index (κ1) is 18.4. The average molecular weight is 348 g/mol. The van der Waals surface area contributed by atoms with Gasteiger partial charge in [-0.15, -0.1) is 0 Å². The van der Waals surface area contributed by atoms with Crippen LogP contribution in [0, 0.1) is 11.8 Å². The Morgan fingerprint density at radius 2 is 2.16 bits per heavy atom. The molecule has 1 aromatic heterocycles. The molecule has 1 aromatic rings. The Kier molecular flexibility index (Phi) is 6.12. The molecule has 0 aliphatic carbocycles. The van der Waals surface area contributed by atoms with Gasteiger partial charge >= 0.3 is 0 Å². The number of amides is 1. The minimum atomic E-state index is -0.230. The Hall–Kier alpha value is -1.40. The molecule has 3 atom stereocenters. The Labute approximate surface area is 150 Å². The SMILES string of the molecule is CC(C)C[C@@H](CN1CCCC1)NC(=O)[C@@H]1CCO[C@H]1c1nccn1C. The van der Waals surface area contributed by atoms with Crippen LogP contribution < -0.4 is 5.32 Å². The molecule has 2 fully saturated rings. The van der Waals surface area contributed by atoms with Gasteiger partial charge in [-0.25, -0.2) is 4.98 Å². The standard InChI is InChI=1S/C19H32N4O2/c1-14(2)12-15(13-23-8-4-5-9-23)21-19(24)16-6-11-25-17(16)18-20-7-10-22(18)3/h7,10,14-17H,4-6,8-9,11-13H2,1-3H3,(H,21,24)/t15-,16+,17+/m0/s1. The van der Waals surface area contributed by atoms with Crippen LogP contribution in [0.15, 0.2) is 12.4 Å². The fraction of sp³-hybridized carbons (Fsp3) is 0.789. The third kappa shape index (κ3) is 4.61. The first-order valence-electron chi connectivity index (χ1n) is 9.66. The summed E-state index contributed by atoms with van der Waals surface area (Å²) in [4.78, 5) is 19.9. The van der Waals surface area contributed by atoms with Crippen LogP contribution in [0.5, 0.6) is 0 Å². The van der Waals surface area contributed by atoms with Gasteiger partial charge < -0.3 is 19.5 Å². The number of carbonyl (C=O) groups is 1. The molecule has 3 heterocycles. The lowest BCUT2D eigenvalue weighted by molar-refractivity contribution is -0.127. The topological polar surface area (TPSA) is 59.4 Å². The maximum absolute atomic E-state index is 13.0. The molecule has 2 aliphatic heterocycles. The first-order chi connectivity index (χ1) is 12.0. The van der Waals surface area contributed by atoms with Crippen LogP contribution in [0.1, 0.15) is 51.5 Å². The van der Waals surface area contributed by atoms with Gasteiger partial charge in [-0.1, -0.05) is 13.8 Å². The van der Waals surface area contributed by atoms with Gasteiger partial charge in [-0.3, -0.25) is 4.79 Å². The van der Waals surface area contributed by atoms with Gasteiger partial charge in [0.25, 0.3) is 0 Å². The number of aromatic nitrogens is 2. The molecule has 25 heavy (non-hydrogen) atoms. The molecule has 0 unspecified atom stereocenters. The molecule has 3 rings (SSSR count). The van der Waals surface area contributed by atoms with Crippen molar-refractivity contribution < 1.29 is 9.53 Å². The zero-order valence-corrected chi connectivity index (χ0v) is 15.8. The van der Waals surface area contributed by atoms with Crippen molar-refractivity contribution in [2.24, 2.45) is 18.9 Å². The van der Waals surface area contributed by atoms with Crippen LogP contribution in [0.4, 0.5) is 0 Å². The van der Waals surface area contributed by atoms with Gasteiger partial charge in [0.15, 0.2) is 0 Å². The maximum atomic E-state index is 13.0. The number of aryl methyl sites for hydroxylation is 1. The Morgan fingerprint density at radius 1 is 1.40 bits per heavy atom. The van der Waals surface area contributed by atoms with E-state index in [1.165, 1.54) is 12.8 Å². The minimum absolute atomic E-state index is 0.121. The van der Waals surface area contributed by atoms with Crippen LogP contribution in [-0.2, 0) is 16.6 Å². The van der Waals surface area contributed by atoms with E-state index in [4.69, 9.17) is 4.74 Å².